The molecule has 0 saturated heterocycles. The van der Waals surface area contributed by atoms with E-state index < -0.39 is 9.84 Å². The SMILES string of the molecule is CCS(=O)(=O)CCCOc1ccc(N(C)/C=N\n2cc(-c3ccc(Cl)cn3)cc2C=O)cc1OC. The molecule has 0 saturated carbocycles. The van der Waals surface area contributed by atoms with E-state index in [-0.39, 0.29) is 18.1 Å². The first kappa shape index (κ1) is 26.2. The molecule has 0 N–H and O–H groups in total. The van der Waals surface area contributed by atoms with E-state index in [0.717, 1.165) is 17.5 Å². The Morgan fingerprint density at radius 1 is 1.20 bits per heavy atom. The molecule has 0 unspecified atom stereocenters. The Balaban J connectivity index is 1.70. The van der Waals surface area contributed by atoms with Crippen LogP contribution in [0.15, 0.2) is 53.9 Å². The Bertz CT molecular complexity index is 1290. The first-order valence-electron chi connectivity index (χ1n) is 10.8. The number of aromatic nitrogens is 2. The number of hydrogen-bond donors (Lipinski definition) is 0. The number of carbonyl (C=O) groups excluding carboxylic acids is 1. The number of rotatable bonds is 12. The molecule has 3 aromatic rings. The molecule has 2 heterocycles. The Morgan fingerprint density at radius 3 is 2.66 bits per heavy atom. The second-order valence-corrected chi connectivity index (χ2v) is 10.5. The molecule has 3 rings (SSSR count). The van der Waals surface area contributed by atoms with E-state index in [9.17, 15) is 13.2 Å². The molecule has 0 amide bonds. The highest BCUT2D eigenvalue weighted by atomic mass is 35.5. The average Bonchev–Trinajstić information content (AvgIpc) is 3.28. The van der Waals surface area contributed by atoms with Crippen LogP contribution in [0.1, 0.15) is 23.8 Å². The van der Waals surface area contributed by atoms with Crippen molar-refractivity contribution in [1.82, 2.24) is 9.66 Å². The Labute approximate surface area is 209 Å². The third kappa shape index (κ3) is 7.06. The molecule has 1 aromatic carbocycles. The monoisotopic (exact) mass is 518 g/mol. The largest absolute Gasteiger partial charge is 0.493 e. The smallest absolute Gasteiger partial charge is 0.168 e. The molecule has 186 valence electrons. The molecule has 0 aliphatic heterocycles. The normalized spacial score (nSPS) is 11.5. The summed E-state index contributed by atoms with van der Waals surface area (Å²) in [5.41, 5.74) is 2.55. The van der Waals surface area contributed by atoms with Crippen molar-refractivity contribution in [1.29, 1.82) is 0 Å². The quantitative estimate of drug-likeness (QED) is 0.153. The van der Waals surface area contributed by atoms with Crippen molar-refractivity contribution in [2.75, 3.05) is 37.2 Å². The maximum absolute atomic E-state index is 11.6. The predicted octanol–water partition coefficient (Wildman–Crippen LogP) is 4.16. The number of halogens is 1. The highest BCUT2D eigenvalue weighted by molar-refractivity contribution is 7.91. The lowest BCUT2D eigenvalue weighted by atomic mass is 10.2. The lowest BCUT2D eigenvalue weighted by Gasteiger charge is -2.17. The maximum Gasteiger partial charge on any atom is 0.168 e. The van der Waals surface area contributed by atoms with Crippen LogP contribution < -0.4 is 14.4 Å². The zero-order chi connectivity index (χ0) is 25.4. The van der Waals surface area contributed by atoms with Gasteiger partial charge in [0.2, 0.25) is 0 Å². The first-order chi connectivity index (χ1) is 16.8. The van der Waals surface area contributed by atoms with Crippen molar-refractivity contribution in [2.24, 2.45) is 5.10 Å². The minimum atomic E-state index is -3.02. The van der Waals surface area contributed by atoms with E-state index in [1.54, 1.807) is 67.9 Å². The van der Waals surface area contributed by atoms with E-state index in [2.05, 4.69) is 10.1 Å². The molecule has 0 bridgehead atoms. The summed E-state index contributed by atoms with van der Waals surface area (Å²) in [6.45, 7) is 1.89. The number of anilines is 1. The van der Waals surface area contributed by atoms with E-state index in [1.807, 2.05) is 6.07 Å². The first-order valence-corrected chi connectivity index (χ1v) is 13.0. The summed E-state index contributed by atoms with van der Waals surface area (Å²) in [6.07, 6.45) is 5.94. The second-order valence-electron chi connectivity index (χ2n) is 7.59. The van der Waals surface area contributed by atoms with Gasteiger partial charge in [-0.05, 0) is 36.8 Å². The molecular formula is C24H27ClN4O5S. The summed E-state index contributed by atoms with van der Waals surface area (Å²) in [6, 6.07) is 10.6. The summed E-state index contributed by atoms with van der Waals surface area (Å²) in [5.74, 6) is 1.23. The number of hydrogen-bond acceptors (Lipinski definition) is 7. The molecule has 0 spiro atoms. The summed E-state index contributed by atoms with van der Waals surface area (Å²) >= 11 is 5.90. The second kappa shape index (κ2) is 11.9. The van der Waals surface area contributed by atoms with Crippen molar-refractivity contribution in [2.45, 2.75) is 13.3 Å². The zero-order valence-electron chi connectivity index (χ0n) is 19.7. The number of aldehydes is 1. The van der Waals surface area contributed by atoms with Gasteiger partial charge in [0.05, 0.1) is 30.2 Å². The fourth-order valence-corrected chi connectivity index (χ4v) is 4.10. The standard InChI is InChI=1S/C24H27ClN4O5S/c1-4-35(31,32)11-5-10-34-23-9-7-20(13-24(23)33-3)28(2)17-27-29-15-18(12-21(29)16-30)22-8-6-19(25)14-26-22/h6-9,12-17H,4-5,10-11H2,1-3H3/b27-17-. The maximum atomic E-state index is 11.6. The van der Waals surface area contributed by atoms with E-state index >= 15 is 0 Å². The van der Waals surface area contributed by atoms with Gasteiger partial charge in [-0.15, -0.1) is 0 Å². The van der Waals surface area contributed by atoms with Crippen LogP contribution in [0.5, 0.6) is 11.5 Å². The van der Waals surface area contributed by atoms with Crippen molar-refractivity contribution in [3.63, 3.8) is 0 Å². The van der Waals surface area contributed by atoms with Gasteiger partial charge in [0.25, 0.3) is 0 Å². The molecule has 0 radical (unpaired) electrons. The number of benzene rings is 1. The van der Waals surface area contributed by atoms with E-state index in [0.29, 0.717) is 34.3 Å². The van der Waals surface area contributed by atoms with Crippen LogP contribution in [-0.4, -0.2) is 63.0 Å². The Kier molecular flexibility index (Phi) is 8.89. The Morgan fingerprint density at radius 2 is 2.00 bits per heavy atom. The van der Waals surface area contributed by atoms with Crippen molar-refractivity contribution < 1.29 is 22.7 Å². The minimum Gasteiger partial charge on any atom is -0.493 e. The number of methoxy groups -OCH3 is 1. The van der Waals surface area contributed by atoms with Gasteiger partial charge in [-0.1, -0.05) is 18.5 Å². The number of sulfone groups is 1. The van der Waals surface area contributed by atoms with Crippen molar-refractivity contribution >= 4 is 39.8 Å². The summed E-state index contributed by atoms with van der Waals surface area (Å²) < 4.78 is 35.8. The van der Waals surface area contributed by atoms with Gasteiger partial charge in [-0.3, -0.25) is 9.78 Å². The third-order valence-corrected chi connectivity index (χ3v) is 7.19. The van der Waals surface area contributed by atoms with Crippen molar-refractivity contribution in [3.05, 3.63) is 59.5 Å². The molecule has 2 aromatic heterocycles. The average molecular weight is 519 g/mol. The van der Waals surface area contributed by atoms with Crippen LogP contribution in [0.25, 0.3) is 11.3 Å². The summed E-state index contributed by atoms with van der Waals surface area (Å²) in [7, 11) is 0.314. The van der Waals surface area contributed by atoms with Crippen LogP contribution in [0.2, 0.25) is 5.02 Å². The van der Waals surface area contributed by atoms with Crippen LogP contribution >= 0.6 is 11.6 Å². The lowest BCUT2D eigenvalue weighted by molar-refractivity contribution is 0.111. The Hall–Kier alpha value is -3.37. The number of carbonyl (C=O) groups is 1. The topological polar surface area (TPSA) is 103 Å². The minimum absolute atomic E-state index is 0.0844. The highest BCUT2D eigenvalue weighted by Crippen LogP contribution is 2.31. The zero-order valence-corrected chi connectivity index (χ0v) is 21.3. The summed E-state index contributed by atoms with van der Waals surface area (Å²) in [4.78, 5) is 17.6. The number of ether oxygens (including phenoxy) is 2. The van der Waals surface area contributed by atoms with Crippen LogP contribution in [0.4, 0.5) is 5.69 Å². The molecule has 9 nitrogen and oxygen atoms in total. The van der Waals surface area contributed by atoms with Gasteiger partial charge in [0.1, 0.15) is 21.9 Å². The third-order valence-electron chi connectivity index (χ3n) is 5.17. The lowest BCUT2D eigenvalue weighted by Crippen LogP contribution is -2.15. The number of pyridine rings is 1. The molecule has 11 heteroatoms. The fraction of sp³-hybridized carbons (Fsp3) is 0.292. The molecule has 0 aliphatic carbocycles. The molecule has 0 aliphatic rings. The van der Waals surface area contributed by atoms with Gasteiger partial charge in [-0.25, -0.2) is 13.1 Å². The summed E-state index contributed by atoms with van der Waals surface area (Å²) in [5, 5.41) is 4.92. The highest BCUT2D eigenvalue weighted by Gasteiger charge is 2.11. The molecule has 0 fully saturated rings. The molecule has 35 heavy (non-hydrogen) atoms. The van der Waals surface area contributed by atoms with Crippen LogP contribution in [-0.2, 0) is 9.84 Å². The van der Waals surface area contributed by atoms with Gasteiger partial charge in [0.15, 0.2) is 17.8 Å². The molecule has 0 atom stereocenters. The van der Waals surface area contributed by atoms with Crippen LogP contribution in [0.3, 0.4) is 0 Å². The predicted molar refractivity (Wildman–Crippen MR) is 138 cm³/mol. The van der Waals surface area contributed by atoms with Crippen molar-refractivity contribution in [3.8, 4) is 22.8 Å². The van der Waals surface area contributed by atoms with Gasteiger partial charge < -0.3 is 14.4 Å². The van der Waals surface area contributed by atoms with Gasteiger partial charge in [-0.2, -0.15) is 5.10 Å². The van der Waals surface area contributed by atoms with Crippen LogP contribution in [0, 0.1) is 0 Å². The number of nitrogens with zero attached hydrogens (tertiary/aromatic N) is 4. The van der Waals surface area contributed by atoms with Gasteiger partial charge in [0, 0.05) is 42.5 Å². The fourth-order valence-electron chi connectivity index (χ4n) is 3.14. The van der Waals surface area contributed by atoms with E-state index in [4.69, 9.17) is 21.1 Å². The molecular weight excluding hydrogens is 492 g/mol. The van der Waals surface area contributed by atoms with E-state index in [1.165, 1.54) is 11.8 Å². The van der Waals surface area contributed by atoms with Gasteiger partial charge >= 0.3 is 0 Å².